The molecular weight excluding hydrogens is 320 g/mol. The Morgan fingerprint density at radius 2 is 2.08 bits per heavy atom. The highest BCUT2D eigenvalue weighted by Gasteiger charge is 2.29. The Morgan fingerprint density at radius 1 is 1.21 bits per heavy atom. The molecule has 0 aliphatic carbocycles. The number of carbonyl (C=O) groups excluding carboxylic acids is 1. The Labute approximate surface area is 144 Å². The summed E-state index contributed by atoms with van der Waals surface area (Å²) >= 11 is 1.45. The van der Waals surface area contributed by atoms with Crippen molar-refractivity contribution in [2.24, 2.45) is 0 Å². The second-order valence-corrected chi connectivity index (χ2v) is 6.75. The quantitative estimate of drug-likeness (QED) is 0.721. The molecule has 0 N–H and O–H groups in total. The Bertz CT molecular complexity index is 864. The number of amides is 1. The summed E-state index contributed by atoms with van der Waals surface area (Å²) in [5.74, 6) is 0.996. The fourth-order valence-corrected chi connectivity index (χ4v) is 3.69. The predicted molar refractivity (Wildman–Crippen MR) is 96.6 cm³/mol. The van der Waals surface area contributed by atoms with Crippen molar-refractivity contribution >= 4 is 34.0 Å². The fourth-order valence-electron chi connectivity index (χ4n) is 3.16. The number of piperazine rings is 1. The molecule has 0 radical (unpaired) electrons. The van der Waals surface area contributed by atoms with Crippen molar-refractivity contribution in [2.75, 3.05) is 24.5 Å². The molecule has 1 fully saturated rings. The third kappa shape index (κ3) is 2.73. The van der Waals surface area contributed by atoms with Crippen LogP contribution in [0.1, 0.15) is 17.4 Å². The van der Waals surface area contributed by atoms with Gasteiger partial charge in [-0.1, -0.05) is 18.2 Å². The van der Waals surface area contributed by atoms with Crippen molar-refractivity contribution in [2.45, 2.75) is 13.0 Å². The molecule has 3 aromatic rings. The van der Waals surface area contributed by atoms with Crippen LogP contribution in [0.2, 0.25) is 0 Å². The smallest absolute Gasteiger partial charge is 0.273 e. The van der Waals surface area contributed by atoms with Crippen molar-refractivity contribution in [3.63, 3.8) is 0 Å². The number of thiazole rings is 1. The van der Waals surface area contributed by atoms with E-state index in [-0.39, 0.29) is 11.9 Å². The number of fused-ring (bicyclic) bond motifs is 1. The summed E-state index contributed by atoms with van der Waals surface area (Å²) in [6, 6.07) is 12.4. The van der Waals surface area contributed by atoms with Gasteiger partial charge < -0.3 is 9.80 Å². The third-order valence-corrected chi connectivity index (χ3v) is 5.03. The lowest BCUT2D eigenvalue weighted by molar-refractivity contribution is 0.0668. The van der Waals surface area contributed by atoms with E-state index >= 15 is 0 Å². The number of rotatable bonds is 2. The standard InChI is InChI=1S/C18H18N4OS/c1-13-10-21(8-9-22(13)18(23)16-11-24-12-19-16)17-7-6-14-4-2-3-5-15(14)20-17/h2-7,11-13H,8-10H2,1H3/t13-/m0/s1. The van der Waals surface area contributed by atoms with Gasteiger partial charge in [0.2, 0.25) is 0 Å². The molecule has 122 valence electrons. The Morgan fingerprint density at radius 3 is 2.88 bits per heavy atom. The molecule has 1 aliphatic heterocycles. The van der Waals surface area contributed by atoms with Crippen LogP contribution in [0.15, 0.2) is 47.3 Å². The van der Waals surface area contributed by atoms with Gasteiger partial charge in [-0.15, -0.1) is 11.3 Å². The lowest BCUT2D eigenvalue weighted by Gasteiger charge is -2.40. The van der Waals surface area contributed by atoms with Gasteiger partial charge in [0, 0.05) is 36.4 Å². The van der Waals surface area contributed by atoms with Crippen LogP contribution >= 0.6 is 11.3 Å². The van der Waals surface area contributed by atoms with Gasteiger partial charge in [-0.3, -0.25) is 4.79 Å². The summed E-state index contributed by atoms with van der Waals surface area (Å²) in [7, 11) is 0. The van der Waals surface area contributed by atoms with E-state index in [2.05, 4.69) is 35.0 Å². The van der Waals surface area contributed by atoms with Crippen LogP contribution in [0.25, 0.3) is 10.9 Å². The normalized spacial score (nSPS) is 18.1. The monoisotopic (exact) mass is 338 g/mol. The number of hydrogen-bond acceptors (Lipinski definition) is 5. The molecule has 0 bridgehead atoms. The molecule has 2 aromatic heterocycles. The van der Waals surface area contributed by atoms with E-state index in [1.54, 1.807) is 5.51 Å². The van der Waals surface area contributed by atoms with Crippen LogP contribution in [-0.2, 0) is 0 Å². The topological polar surface area (TPSA) is 49.3 Å². The molecule has 5 nitrogen and oxygen atoms in total. The minimum Gasteiger partial charge on any atom is -0.353 e. The zero-order valence-electron chi connectivity index (χ0n) is 13.4. The first-order valence-corrected chi connectivity index (χ1v) is 8.96. The minimum atomic E-state index is 0.0230. The van der Waals surface area contributed by atoms with Crippen molar-refractivity contribution in [3.05, 3.63) is 53.0 Å². The van der Waals surface area contributed by atoms with E-state index in [1.165, 1.54) is 11.3 Å². The molecule has 1 atom stereocenters. The maximum atomic E-state index is 12.5. The van der Waals surface area contributed by atoms with Gasteiger partial charge in [0.05, 0.1) is 11.0 Å². The van der Waals surface area contributed by atoms with Gasteiger partial charge in [0.25, 0.3) is 5.91 Å². The van der Waals surface area contributed by atoms with Crippen LogP contribution in [0.4, 0.5) is 5.82 Å². The highest BCUT2D eigenvalue weighted by molar-refractivity contribution is 7.07. The summed E-state index contributed by atoms with van der Waals surface area (Å²) in [6.07, 6.45) is 0. The molecule has 0 saturated carbocycles. The molecule has 4 rings (SSSR count). The highest BCUT2D eigenvalue weighted by Crippen LogP contribution is 2.22. The van der Waals surface area contributed by atoms with Gasteiger partial charge in [0.15, 0.2) is 0 Å². The Balaban J connectivity index is 1.52. The maximum absolute atomic E-state index is 12.5. The molecule has 1 aliphatic rings. The predicted octanol–water partition coefficient (Wildman–Crippen LogP) is 3.04. The van der Waals surface area contributed by atoms with Crippen molar-refractivity contribution in [1.82, 2.24) is 14.9 Å². The number of nitrogens with zero attached hydrogens (tertiary/aromatic N) is 4. The summed E-state index contributed by atoms with van der Waals surface area (Å²) < 4.78 is 0. The second kappa shape index (κ2) is 6.20. The molecule has 1 amide bonds. The number of aromatic nitrogens is 2. The van der Waals surface area contributed by atoms with Crippen molar-refractivity contribution in [1.29, 1.82) is 0 Å². The van der Waals surface area contributed by atoms with E-state index in [9.17, 15) is 4.79 Å². The van der Waals surface area contributed by atoms with Crippen molar-refractivity contribution < 1.29 is 4.79 Å². The number of anilines is 1. The highest BCUT2D eigenvalue weighted by atomic mass is 32.1. The average molecular weight is 338 g/mol. The first-order chi connectivity index (χ1) is 11.7. The Kier molecular flexibility index (Phi) is 3.90. The lowest BCUT2D eigenvalue weighted by Crippen LogP contribution is -2.54. The van der Waals surface area contributed by atoms with E-state index < -0.39 is 0 Å². The van der Waals surface area contributed by atoms with E-state index in [4.69, 9.17) is 4.98 Å². The molecule has 1 aromatic carbocycles. The van der Waals surface area contributed by atoms with Gasteiger partial charge in [-0.25, -0.2) is 9.97 Å². The number of benzene rings is 1. The number of pyridine rings is 1. The van der Waals surface area contributed by atoms with E-state index in [0.717, 1.165) is 29.8 Å². The first kappa shape index (κ1) is 15.1. The van der Waals surface area contributed by atoms with E-state index in [1.807, 2.05) is 28.5 Å². The molecule has 1 saturated heterocycles. The third-order valence-electron chi connectivity index (χ3n) is 4.45. The largest absolute Gasteiger partial charge is 0.353 e. The van der Waals surface area contributed by atoms with Crippen LogP contribution < -0.4 is 4.90 Å². The minimum absolute atomic E-state index is 0.0230. The lowest BCUT2D eigenvalue weighted by atomic mass is 10.1. The maximum Gasteiger partial charge on any atom is 0.273 e. The fraction of sp³-hybridized carbons (Fsp3) is 0.278. The van der Waals surface area contributed by atoms with Gasteiger partial charge in [-0.2, -0.15) is 0 Å². The zero-order chi connectivity index (χ0) is 16.5. The number of carbonyl (C=O) groups is 1. The molecule has 0 unspecified atom stereocenters. The average Bonchev–Trinajstić information content (AvgIpc) is 3.15. The first-order valence-electron chi connectivity index (χ1n) is 8.02. The molecular formula is C18H18N4OS. The molecule has 0 spiro atoms. The van der Waals surface area contributed by atoms with Crippen LogP contribution in [0, 0.1) is 0 Å². The Hall–Kier alpha value is -2.47. The van der Waals surface area contributed by atoms with E-state index in [0.29, 0.717) is 12.2 Å². The van der Waals surface area contributed by atoms with Gasteiger partial charge in [-0.05, 0) is 25.1 Å². The SMILES string of the molecule is C[C@H]1CN(c2ccc3ccccc3n2)CCN1C(=O)c1cscn1. The van der Waals surface area contributed by atoms with Gasteiger partial charge >= 0.3 is 0 Å². The van der Waals surface area contributed by atoms with Crippen LogP contribution in [-0.4, -0.2) is 46.5 Å². The molecule has 3 heterocycles. The van der Waals surface area contributed by atoms with Crippen LogP contribution in [0.5, 0.6) is 0 Å². The summed E-state index contributed by atoms with van der Waals surface area (Å²) in [4.78, 5) is 25.6. The van der Waals surface area contributed by atoms with Crippen molar-refractivity contribution in [3.8, 4) is 0 Å². The number of hydrogen-bond donors (Lipinski definition) is 0. The molecule has 6 heteroatoms. The second-order valence-electron chi connectivity index (χ2n) is 6.03. The van der Waals surface area contributed by atoms with Crippen LogP contribution in [0.3, 0.4) is 0 Å². The van der Waals surface area contributed by atoms with Gasteiger partial charge in [0.1, 0.15) is 11.5 Å². The zero-order valence-corrected chi connectivity index (χ0v) is 14.2. The summed E-state index contributed by atoms with van der Waals surface area (Å²) in [5, 5.41) is 2.96. The summed E-state index contributed by atoms with van der Waals surface area (Å²) in [6.45, 7) is 4.33. The number of para-hydroxylation sites is 1. The summed E-state index contributed by atoms with van der Waals surface area (Å²) in [5.41, 5.74) is 3.25. The molecule has 24 heavy (non-hydrogen) atoms.